The van der Waals surface area contributed by atoms with Crippen molar-refractivity contribution in [1.29, 1.82) is 0 Å². The highest BCUT2D eigenvalue weighted by atomic mass is 79.9. The molecule has 0 saturated heterocycles. The molecule has 0 aliphatic carbocycles. The molecular weight excluding hydrogens is 498 g/mol. The number of hydrogen-bond donors (Lipinski definition) is 1. The summed E-state index contributed by atoms with van der Waals surface area (Å²) in [6.07, 6.45) is 0. The lowest BCUT2D eigenvalue weighted by molar-refractivity contribution is 0.0603. The molecule has 1 heterocycles. The molecule has 32 heavy (non-hydrogen) atoms. The third kappa shape index (κ3) is 4.58. The first kappa shape index (κ1) is 23.6. The van der Waals surface area contributed by atoms with E-state index in [-0.39, 0.29) is 5.56 Å². The molecule has 168 valence electrons. The fourth-order valence-electron chi connectivity index (χ4n) is 3.28. The normalized spacial score (nSPS) is 10.4. The summed E-state index contributed by atoms with van der Waals surface area (Å²) in [6.45, 7) is 1.89. The molecule has 1 N–H and O–H groups in total. The van der Waals surface area contributed by atoms with Gasteiger partial charge in [0.2, 0.25) is 5.75 Å². The van der Waals surface area contributed by atoms with Crippen LogP contribution in [-0.2, 0) is 4.74 Å². The Labute approximate surface area is 198 Å². The van der Waals surface area contributed by atoms with Crippen LogP contribution in [0, 0.1) is 6.92 Å². The lowest BCUT2D eigenvalue weighted by Gasteiger charge is -2.14. The van der Waals surface area contributed by atoms with Gasteiger partial charge in [0.05, 0.1) is 28.4 Å². The van der Waals surface area contributed by atoms with Gasteiger partial charge in [-0.3, -0.25) is 4.79 Å². The number of ether oxygens (including phenoxy) is 4. The van der Waals surface area contributed by atoms with Gasteiger partial charge in [0.1, 0.15) is 10.6 Å². The highest BCUT2D eigenvalue weighted by Gasteiger charge is 2.26. The summed E-state index contributed by atoms with van der Waals surface area (Å²) in [5, 5.41) is 3.24. The minimum Gasteiger partial charge on any atom is -0.493 e. The lowest BCUT2D eigenvalue weighted by atomic mass is 10.0. The summed E-state index contributed by atoms with van der Waals surface area (Å²) in [7, 11) is 5.75. The van der Waals surface area contributed by atoms with Gasteiger partial charge in [0.15, 0.2) is 11.5 Å². The summed E-state index contributed by atoms with van der Waals surface area (Å²) in [6, 6.07) is 10.7. The van der Waals surface area contributed by atoms with Crippen LogP contribution in [0.1, 0.15) is 25.6 Å². The molecule has 0 saturated carbocycles. The van der Waals surface area contributed by atoms with Crippen molar-refractivity contribution in [3.05, 3.63) is 56.9 Å². The number of halogens is 1. The van der Waals surface area contributed by atoms with E-state index in [1.54, 1.807) is 12.1 Å². The molecule has 0 aliphatic rings. The van der Waals surface area contributed by atoms with Crippen LogP contribution in [0.5, 0.6) is 17.2 Å². The van der Waals surface area contributed by atoms with Crippen LogP contribution in [0.2, 0.25) is 0 Å². The topological polar surface area (TPSA) is 83.1 Å². The maximum absolute atomic E-state index is 13.1. The monoisotopic (exact) mass is 519 g/mol. The first-order chi connectivity index (χ1) is 15.3. The Morgan fingerprint density at radius 1 is 0.938 bits per heavy atom. The van der Waals surface area contributed by atoms with E-state index < -0.39 is 11.9 Å². The molecule has 0 radical (unpaired) electrons. The van der Waals surface area contributed by atoms with Gasteiger partial charge in [-0.1, -0.05) is 28.1 Å². The first-order valence-corrected chi connectivity index (χ1v) is 11.0. The van der Waals surface area contributed by atoms with Gasteiger partial charge in [0.25, 0.3) is 5.91 Å². The second-order valence-electron chi connectivity index (χ2n) is 6.60. The van der Waals surface area contributed by atoms with Crippen molar-refractivity contribution in [3.8, 4) is 28.4 Å². The van der Waals surface area contributed by atoms with Crippen molar-refractivity contribution in [3.63, 3.8) is 0 Å². The quantitative estimate of drug-likeness (QED) is 0.412. The van der Waals surface area contributed by atoms with Crippen molar-refractivity contribution in [1.82, 2.24) is 0 Å². The number of methoxy groups -OCH3 is 4. The van der Waals surface area contributed by atoms with Gasteiger partial charge in [-0.05, 0) is 36.8 Å². The molecule has 3 aromatic rings. The average molecular weight is 520 g/mol. The van der Waals surface area contributed by atoms with E-state index in [0.29, 0.717) is 27.8 Å². The number of aryl methyl sites for hydroxylation is 1. The molecule has 9 heteroatoms. The Kier molecular flexibility index (Phi) is 7.42. The fourth-order valence-corrected chi connectivity index (χ4v) is 4.60. The van der Waals surface area contributed by atoms with Gasteiger partial charge in [-0.25, -0.2) is 4.79 Å². The van der Waals surface area contributed by atoms with Crippen molar-refractivity contribution >= 4 is 44.1 Å². The van der Waals surface area contributed by atoms with Crippen molar-refractivity contribution in [2.75, 3.05) is 33.8 Å². The van der Waals surface area contributed by atoms with Crippen LogP contribution < -0.4 is 19.5 Å². The number of carbonyl (C=O) groups is 2. The third-order valence-electron chi connectivity index (χ3n) is 4.76. The van der Waals surface area contributed by atoms with E-state index in [1.165, 1.54) is 39.8 Å². The summed E-state index contributed by atoms with van der Waals surface area (Å²) < 4.78 is 21.9. The molecule has 0 atom stereocenters. The number of esters is 1. The molecule has 0 unspecified atom stereocenters. The zero-order valence-corrected chi connectivity index (χ0v) is 20.6. The minimum absolute atomic E-state index is 0.284. The van der Waals surface area contributed by atoms with Crippen molar-refractivity contribution in [2.45, 2.75) is 6.92 Å². The number of rotatable bonds is 7. The van der Waals surface area contributed by atoms with Gasteiger partial charge in [-0.15, -0.1) is 11.3 Å². The van der Waals surface area contributed by atoms with Gasteiger partial charge < -0.3 is 24.3 Å². The van der Waals surface area contributed by atoms with Crippen LogP contribution >= 0.6 is 27.3 Å². The standard InChI is InChI=1S/C23H22BrNO6S/c1-12-18(13-6-8-15(24)9-7-13)19(23(27)31-5)22(32-12)25-21(26)14-10-16(28-2)20(30-4)17(11-14)29-3/h6-11H,1-5H3,(H,25,26). The number of hydrogen-bond acceptors (Lipinski definition) is 7. The molecule has 3 rings (SSSR count). The van der Waals surface area contributed by atoms with E-state index in [9.17, 15) is 9.59 Å². The number of anilines is 1. The SMILES string of the molecule is COC(=O)c1c(NC(=O)c2cc(OC)c(OC)c(OC)c2)sc(C)c1-c1ccc(Br)cc1. The molecule has 0 fully saturated rings. The van der Waals surface area contributed by atoms with Gasteiger partial charge >= 0.3 is 5.97 Å². The Morgan fingerprint density at radius 2 is 1.53 bits per heavy atom. The maximum atomic E-state index is 13.1. The van der Waals surface area contributed by atoms with Crippen LogP contribution in [0.15, 0.2) is 40.9 Å². The predicted molar refractivity (Wildman–Crippen MR) is 128 cm³/mol. The highest BCUT2D eigenvalue weighted by molar-refractivity contribution is 9.10. The molecule has 7 nitrogen and oxygen atoms in total. The highest BCUT2D eigenvalue weighted by Crippen LogP contribution is 2.42. The molecule has 1 aromatic heterocycles. The number of amides is 1. The first-order valence-electron chi connectivity index (χ1n) is 9.43. The van der Waals surface area contributed by atoms with Gasteiger partial charge in [-0.2, -0.15) is 0 Å². The molecule has 0 spiro atoms. The van der Waals surface area contributed by atoms with Crippen molar-refractivity contribution in [2.24, 2.45) is 0 Å². The van der Waals surface area contributed by atoms with Crippen LogP contribution in [0.4, 0.5) is 5.00 Å². The third-order valence-corrected chi connectivity index (χ3v) is 6.31. The van der Waals surface area contributed by atoms with E-state index in [1.807, 2.05) is 31.2 Å². The Bertz CT molecular complexity index is 1130. The van der Waals surface area contributed by atoms with Crippen molar-refractivity contribution < 1.29 is 28.5 Å². The zero-order chi connectivity index (χ0) is 23.4. The largest absolute Gasteiger partial charge is 0.493 e. The minimum atomic E-state index is -0.535. The molecule has 1 amide bonds. The summed E-state index contributed by atoms with van der Waals surface area (Å²) in [4.78, 5) is 26.6. The summed E-state index contributed by atoms with van der Waals surface area (Å²) in [5.41, 5.74) is 2.15. The fraction of sp³-hybridized carbons (Fsp3) is 0.217. The smallest absolute Gasteiger partial charge is 0.341 e. The Balaban J connectivity index is 2.06. The molecule has 0 bridgehead atoms. The Morgan fingerprint density at radius 3 is 2.03 bits per heavy atom. The zero-order valence-electron chi connectivity index (χ0n) is 18.2. The average Bonchev–Trinajstić information content (AvgIpc) is 3.13. The van der Waals surface area contributed by atoms with Crippen LogP contribution in [0.25, 0.3) is 11.1 Å². The second-order valence-corrected chi connectivity index (χ2v) is 8.74. The van der Waals surface area contributed by atoms with Gasteiger partial charge in [0, 0.05) is 20.5 Å². The lowest BCUT2D eigenvalue weighted by Crippen LogP contribution is -2.14. The number of thiophene rings is 1. The second kappa shape index (κ2) is 10.1. The molecule has 2 aromatic carbocycles. The van der Waals surface area contributed by atoms with E-state index in [0.717, 1.165) is 20.5 Å². The number of nitrogens with one attached hydrogen (secondary N) is 1. The maximum Gasteiger partial charge on any atom is 0.341 e. The molecule has 0 aliphatic heterocycles. The number of carbonyl (C=O) groups excluding carboxylic acids is 2. The van der Waals surface area contributed by atoms with Crippen LogP contribution in [-0.4, -0.2) is 40.3 Å². The Hall–Kier alpha value is -3.04. The predicted octanol–water partition coefficient (Wildman–Crippen LogP) is 5.55. The van der Waals surface area contributed by atoms with Crippen LogP contribution in [0.3, 0.4) is 0 Å². The van der Waals surface area contributed by atoms with E-state index >= 15 is 0 Å². The summed E-state index contributed by atoms with van der Waals surface area (Å²) >= 11 is 4.72. The van der Waals surface area contributed by atoms with E-state index in [2.05, 4.69) is 21.2 Å². The number of benzene rings is 2. The summed E-state index contributed by atoms with van der Waals surface area (Å²) in [5.74, 6) is 0.114. The van der Waals surface area contributed by atoms with E-state index in [4.69, 9.17) is 18.9 Å². The molecular formula is C23H22BrNO6S.